The van der Waals surface area contributed by atoms with Crippen molar-refractivity contribution in [2.24, 2.45) is 0 Å². The van der Waals surface area contributed by atoms with Crippen LogP contribution in [0.15, 0.2) is 42.5 Å². The van der Waals surface area contributed by atoms with E-state index >= 15 is 0 Å². The van der Waals surface area contributed by atoms with E-state index in [1.807, 2.05) is 37.4 Å². The predicted molar refractivity (Wildman–Crippen MR) is 71.7 cm³/mol. The van der Waals surface area contributed by atoms with Gasteiger partial charge >= 0.3 is 0 Å². The summed E-state index contributed by atoms with van der Waals surface area (Å²) >= 11 is 0. The Morgan fingerprint density at radius 3 is 2.94 bits per heavy atom. The molecule has 0 saturated heterocycles. The van der Waals surface area contributed by atoms with Gasteiger partial charge in [0.05, 0.1) is 12.0 Å². The maximum absolute atomic E-state index is 6.04. The first-order valence-electron chi connectivity index (χ1n) is 6.61. The zero-order chi connectivity index (χ0) is 12.8. The van der Waals surface area contributed by atoms with Gasteiger partial charge in [0.15, 0.2) is 0 Å². The summed E-state index contributed by atoms with van der Waals surface area (Å²) in [6.45, 7) is 4.15. The Morgan fingerprint density at radius 2 is 2.22 bits per heavy atom. The number of hydrogen-bond acceptors (Lipinski definition) is 2. The molecule has 3 heteroatoms. The van der Waals surface area contributed by atoms with Gasteiger partial charge in [0.2, 0.25) is 0 Å². The molecule has 1 aromatic heterocycles. The number of allylic oxidation sites excluding steroid dienone is 3. The average Bonchev–Trinajstić information content (AvgIpc) is 2.83. The molecule has 1 aliphatic rings. The highest BCUT2D eigenvalue weighted by molar-refractivity contribution is 5.16. The third kappa shape index (κ3) is 2.78. The van der Waals surface area contributed by atoms with E-state index in [0.717, 1.165) is 24.3 Å². The van der Waals surface area contributed by atoms with Crippen molar-refractivity contribution >= 4 is 0 Å². The quantitative estimate of drug-likeness (QED) is 0.791. The number of rotatable bonds is 5. The average molecular weight is 247 g/mol. The molecular weight excluding hydrogens is 226 g/mol. The second-order valence-electron chi connectivity index (χ2n) is 4.62. The monoisotopic (exact) mass is 247 g/mol. The SMILES string of the molecule is CCCCCC1(c2ccc[nH]2)OC=CC=C(C)O1. The van der Waals surface area contributed by atoms with Gasteiger partial charge in [0, 0.05) is 12.6 Å². The lowest BCUT2D eigenvalue weighted by Crippen LogP contribution is -2.31. The lowest BCUT2D eigenvalue weighted by Gasteiger charge is -2.32. The minimum absolute atomic E-state index is 0.702. The van der Waals surface area contributed by atoms with E-state index < -0.39 is 5.79 Å². The van der Waals surface area contributed by atoms with E-state index in [4.69, 9.17) is 9.47 Å². The molecule has 0 aliphatic carbocycles. The molecule has 3 nitrogen and oxygen atoms in total. The molecule has 0 radical (unpaired) electrons. The molecule has 2 rings (SSSR count). The molecule has 1 N–H and O–H groups in total. The first-order valence-corrected chi connectivity index (χ1v) is 6.61. The van der Waals surface area contributed by atoms with E-state index in [9.17, 15) is 0 Å². The maximum Gasteiger partial charge on any atom is 0.291 e. The standard InChI is InChI=1S/C15H21NO2/c1-3-4-5-10-15(14-9-6-11-16-14)17-12-7-8-13(2)18-15/h6-9,11-12,16H,3-5,10H2,1-2H3. The minimum atomic E-state index is -0.702. The highest BCUT2D eigenvalue weighted by Gasteiger charge is 2.37. The molecule has 0 amide bonds. The van der Waals surface area contributed by atoms with Gasteiger partial charge in [-0.15, -0.1) is 0 Å². The van der Waals surface area contributed by atoms with Crippen molar-refractivity contribution in [3.63, 3.8) is 0 Å². The number of ether oxygens (including phenoxy) is 2. The van der Waals surface area contributed by atoms with Crippen LogP contribution in [-0.4, -0.2) is 4.98 Å². The number of aromatic nitrogens is 1. The van der Waals surface area contributed by atoms with Crippen LogP contribution in [0.3, 0.4) is 0 Å². The zero-order valence-corrected chi connectivity index (χ0v) is 11.1. The van der Waals surface area contributed by atoms with Crippen LogP contribution in [0.5, 0.6) is 0 Å². The number of H-pyrrole nitrogens is 1. The van der Waals surface area contributed by atoms with Crippen LogP contribution in [0, 0.1) is 0 Å². The fraction of sp³-hybridized carbons (Fsp3) is 0.467. The summed E-state index contributed by atoms with van der Waals surface area (Å²) < 4.78 is 11.9. The highest BCUT2D eigenvalue weighted by atomic mass is 16.7. The third-order valence-electron chi connectivity index (χ3n) is 3.11. The Morgan fingerprint density at radius 1 is 1.33 bits per heavy atom. The molecule has 0 fully saturated rings. The molecule has 2 heterocycles. The van der Waals surface area contributed by atoms with Crippen molar-refractivity contribution in [3.05, 3.63) is 48.2 Å². The molecule has 0 spiro atoms. The van der Waals surface area contributed by atoms with Crippen molar-refractivity contribution in [3.8, 4) is 0 Å². The van der Waals surface area contributed by atoms with Crippen LogP contribution in [0.25, 0.3) is 0 Å². The van der Waals surface area contributed by atoms with E-state index in [-0.39, 0.29) is 0 Å². The second-order valence-corrected chi connectivity index (χ2v) is 4.62. The highest BCUT2D eigenvalue weighted by Crippen LogP contribution is 2.35. The Hall–Kier alpha value is -1.64. The Kier molecular flexibility index (Phi) is 4.13. The minimum Gasteiger partial charge on any atom is -0.455 e. The summed E-state index contributed by atoms with van der Waals surface area (Å²) in [7, 11) is 0. The van der Waals surface area contributed by atoms with E-state index in [2.05, 4.69) is 11.9 Å². The molecule has 1 unspecified atom stereocenters. The van der Waals surface area contributed by atoms with Gasteiger partial charge in [-0.3, -0.25) is 0 Å². The summed E-state index contributed by atoms with van der Waals surface area (Å²) in [6.07, 6.45) is 11.7. The van der Waals surface area contributed by atoms with Crippen molar-refractivity contribution < 1.29 is 9.47 Å². The number of hydrogen-bond donors (Lipinski definition) is 1. The van der Waals surface area contributed by atoms with Crippen LogP contribution in [0.4, 0.5) is 0 Å². The van der Waals surface area contributed by atoms with Crippen molar-refractivity contribution in [2.75, 3.05) is 0 Å². The number of nitrogens with one attached hydrogen (secondary N) is 1. The van der Waals surface area contributed by atoms with Crippen LogP contribution in [-0.2, 0) is 15.3 Å². The Bertz CT molecular complexity index is 420. The molecular formula is C15H21NO2. The first-order chi connectivity index (χ1) is 8.77. The maximum atomic E-state index is 6.04. The van der Waals surface area contributed by atoms with Crippen molar-refractivity contribution in [1.82, 2.24) is 4.98 Å². The van der Waals surface area contributed by atoms with E-state index in [1.165, 1.54) is 12.8 Å². The molecule has 1 aliphatic heterocycles. The van der Waals surface area contributed by atoms with Crippen LogP contribution in [0.1, 0.15) is 45.2 Å². The van der Waals surface area contributed by atoms with Gasteiger partial charge < -0.3 is 14.5 Å². The lowest BCUT2D eigenvalue weighted by atomic mass is 10.0. The van der Waals surface area contributed by atoms with Crippen molar-refractivity contribution in [2.45, 2.75) is 45.3 Å². The molecule has 0 bridgehead atoms. The van der Waals surface area contributed by atoms with E-state index in [0.29, 0.717) is 0 Å². The fourth-order valence-corrected chi connectivity index (χ4v) is 2.18. The van der Waals surface area contributed by atoms with Gasteiger partial charge in [0.1, 0.15) is 5.69 Å². The molecule has 18 heavy (non-hydrogen) atoms. The first kappa shape index (κ1) is 12.8. The summed E-state index contributed by atoms with van der Waals surface area (Å²) in [6, 6.07) is 3.98. The Balaban J connectivity index is 2.22. The number of unbranched alkanes of at least 4 members (excludes halogenated alkanes) is 2. The molecule has 1 atom stereocenters. The van der Waals surface area contributed by atoms with Crippen LogP contribution < -0.4 is 0 Å². The van der Waals surface area contributed by atoms with E-state index in [1.54, 1.807) is 6.26 Å². The summed E-state index contributed by atoms with van der Waals surface area (Å²) in [5.74, 6) is 0.168. The number of aromatic amines is 1. The largest absolute Gasteiger partial charge is 0.455 e. The molecule has 0 saturated carbocycles. The van der Waals surface area contributed by atoms with Crippen molar-refractivity contribution in [1.29, 1.82) is 0 Å². The third-order valence-corrected chi connectivity index (χ3v) is 3.11. The second kappa shape index (κ2) is 5.80. The van der Waals surface area contributed by atoms with Gasteiger partial charge in [-0.05, 0) is 37.6 Å². The van der Waals surface area contributed by atoms with Gasteiger partial charge in [-0.25, -0.2) is 0 Å². The van der Waals surface area contributed by atoms with Gasteiger partial charge in [-0.2, -0.15) is 0 Å². The normalized spacial score (nSPS) is 22.9. The fourth-order valence-electron chi connectivity index (χ4n) is 2.18. The zero-order valence-electron chi connectivity index (χ0n) is 11.1. The summed E-state index contributed by atoms with van der Waals surface area (Å²) in [4.78, 5) is 3.21. The van der Waals surface area contributed by atoms with Gasteiger partial charge in [-0.1, -0.05) is 19.8 Å². The Labute approximate surface area is 108 Å². The summed E-state index contributed by atoms with van der Waals surface area (Å²) in [5.41, 5.74) is 0.970. The van der Waals surface area contributed by atoms with Crippen LogP contribution >= 0.6 is 0 Å². The van der Waals surface area contributed by atoms with Gasteiger partial charge in [0.25, 0.3) is 5.79 Å². The topological polar surface area (TPSA) is 34.2 Å². The predicted octanol–water partition coefficient (Wildman–Crippen LogP) is 4.21. The summed E-state index contributed by atoms with van der Waals surface area (Å²) in [5, 5.41) is 0. The van der Waals surface area contributed by atoms with Crippen LogP contribution in [0.2, 0.25) is 0 Å². The molecule has 0 aromatic carbocycles. The molecule has 1 aromatic rings. The smallest absolute Gasteiger partial charge is 0.291 e. The lowest BCUT2D eigenvalue weighted by molar-refractivity contribution is -0.197. The molecule has 98 valence electrons.